The van der Waals surface area contributed by atoms with Gasteiger partial charge in [-0.1, -0.05) is 13.3 Å². The number of anilines is 1. The van der Waals surface area contributed by atoms with Crippen molar-refractivity contribution in [3.63, 3.8) is 0 Å². The lowest BCUT2D eigenvalue weighted by Gasteiger charge is -2.09. The van der Waals surface area contributed by atoms with Crippen LogP contribution in [-0.2, 0) is 0 Å². The fourth-order valence-corrected chi connectivity index (χ4v) is 1.15. The Kier molecular flexibility index (Phi) is 4.51. The van der Waals surface area contributed by atoms with E-state index in [1.807, 2.05) is 13.0 Å². The Hall–Kier alpha value is -1.67. The molecule has 15 heavy (non-hydrogen) atoms. The molecule has 0 spiro atoms. The third-order valence-electron chi connectivity index (χ3n) is 1.89. The number of aliphatic hydroxyl groups excluding tert-OH is 1. The van der Waals surface area contributed by atoms with Gasteiger partial charge in [-0.05, 0) is 12.5 Å². The van der Waals surface area contributed by atoms with Gasteiger partial charge in [-0.3, -0.25) is 0 Å². The SMILES string of the molecule is CCCC(O)CNc1nccc(C#N)n1. The molecule has 0 aliphatic heterocycles. The van der Waals surface area contributed by atoms with Gasteiger partial charge in [0.15, 0.2) is 0 Å². The zero-order valence-electron chi connectivity index (χ0n) is 8.64. The minimum absolute atomic E-state index is 0.317. The van der Waals surface area contributed by atoms with E-state index in [0.29, 0.717) is 18.2 Å². The van der Waals surface area contributed by atoms with Crippen molar-refractivity contribution in [2.75, 3.05) is 11.9 Å². The van der Waals surface area contributed by atoms with Crippen LogP contribution in [0.25, 0.3) is 0 Å². The molecule has 0 saturated carbocycles. The highest BCUT2D eigenvalue weighted by Crippen LogP contribution is 2.01. The molecule has 0 radical (unpaired) electrons. The van der Waals surface area contributed by atoms with Gasteiger partial charge in [0.25, 0.3) is 0 Å². The van der Waals surface area contributed by atoms with Crippen molar-refractivity contribution in [1.82, 2.24) is 9.97 Å². The van der Waals surface area contributed by atoms with Gasteiger partial charge in [-0.15, -0.1) is 0 Å². The van der Waals surface area contributed by atoms with Gasteiger partial charge >= 0.3 is 0 Å². The Bertz CT molecular complexity index is 348. The summed E-state index contributed by atoms with van der Waals surface area (Å²) in [6.45, 7) is 2.42. The van der Waals surface area contributed by atoms with Crippen molar-refractivity contribution in [3.05, 3.63) is 18.0 Å². The summed E-state index contributed by atoms with van der Waals surface area (Å²) in [4.78, 5) is 7.86. The lowest BCUT2D eigenvalue weighted by molar-refractivity contribution is 0.176. The number of rotatable bonds is 5. The largest absolute Gasteiger partial charge is 0.391 e. The maximum Gasteiger partial charge on any atom is 0.223 e. The zero-order chi connectivity index (χ0) is 11.1. The first-order valence-electron chi connectivity index (χ1n) is 4.91. The molecule has 1 heterocycles. The summed E-state index contributed by atoms with van der Waals surface area (Å²) in [6, 6.07) is 3.46. The lowest BCUT2D eigenvalue weighted by atomic mass is 10.2. The van der Waals surface area contributed by atoms with Crippen LogP contribution in [0, 0.1) is 11.3 Å². The van der Waals surface area contributed by atoms with Crippen LogP contribution in [0.3, 0.4) is 0 Å². The molecule has 1 unspecified atom stereocenters. The second-order valence-electron chi connectivity index (χ2n) is 3.20. The molecule has 1 aromatic heterocycles. The molecule has 0 aromatic carbocycles. The normalized spacial score (nSPS) is 11.8. The van der Waals surface area contributed by atoms with Crippen molar-refractivity contribution < 1.29 is 5.11 Å². The van der Waals surface area contributed by atoms with E-state index in [2.05, 4.69) is 15.3 Å². The third-order valence-corrected chi connectivity index (χ3v) is 1.89. The zero-order valence-corrected chi connectivity index (χ0v) is 8.64. The van der Waals surface area contributed by atoms with Gasteiger partial charge in [0.05, 0.1) is 6.10 Å². The van der Waals surface area contributed by atoms with Crippen LogP contribution in [0.2, 0.25) is 0 Å². The molecular formula is C10H14N4O. The number of nitriles is 1. The van der Waals surface area contributed by atoms with Crippen molar-refractivity contribution in [1.29, 1.82) is 5.26 Å². The molecule has 0 aliphatic rings. The Labute approximate surface area is 88.8 Å². The Morgan fingerprint density at radius 3 is 3.13 bits per heavy atom. The summed E-state index contributed by atoms with van der Waals surface area (Å²) in [5, 5.41) is 20.9. The van der Waals surface area contributed by atoms with E-state index in [1.165, 1.54) is 12.3 Å². The highest BCUT2D eigenvalue weighted by atomic mass is 16.3. The first kappa shape index (κ1) is 11.4. The average Bonchev–Trinajstić information content (AvgIpc) is 2.27. The summed E-state index contributed by atoms with van der Waals surface area (Å²) >= 11 is 0. The fraction of sp³-hybridized carbons (Fsp3) is 0.500. The molecule has 1 atom stereocenters. The van der Waals surface area contributed by atoms with Gasteiger partial charge < -0.3 is 10.4 Å². The minimum atomic E-state index is -0.399. The topological polar surface area (TPSA) is 81.8 Å². The maximum atomic E-state index is 9.45. The lowest BCUT2D eigenvalue weighted by Crippen LogP contribution is -2.20. The molecule has 5 heteroatoms. The van der Waals surface area contributed by atoms with Crippen molar-refractivity contribution in [2.24, 2.45) is 0 Å². The summed E-state index contributed by atoms with van der Waals surface area (Å²) in [5.74, 6) is 0.379. The fourth-order valence-electron chi connectivity index (χ4n) is 1.15. The molecule has 0 bridgehead atoms. The minimum Gasteiger partial charge on any atom is -0.391 e. The molecule has 0 amide bonds. The highest BCUT2D eigenvalue weighted by molar-refractivity contribution is 5.29. The van der Waals surface area contributed by atoms with Crippen molar-refractivity contribution in [2.45, 2.75) is 25.9 Å². The second-order valence-corrected chi connectivity index (χ2v) is 3.20. The molecule has 0 saturated heterocycles. The van der Waals surface area contributed by atoms with Crippen LogP contribution in [0.4, 0.5) is 5.95 Å². The maximum absolute atomic E-state index is 9.45. The number of aromatic nitrogens is 2. The van der Waals surface area contributed by atoms with Gasteiger partial charge in [0.1, 0.15) is 11.8 Å². The average molecular weight is 206 g/mol. The van der Waals surface area contributed by atoms with Crippen LogP contribution in [0.15, 0.2) is 12.3 Å². The summed E-state index contributed by atoms with van der Waals surface area (Å²) in [5.41, 5.74) is 0.317. The van der Waals surface area contributed by atoms with E-state index in [-0.39, 0.29) is 0 Å². The highest BCUT2D eigenvalue weighted by Gasteiger charge is 2.03. The van der Waals surface area contributed by atoms with E-state index >= 15 is 0 Å². The first-order chi connectivity index (χ1) is 7.26. The Morgan fingerprint density at radius 2 is 2.47 bits per heavy atom. The van der Waals surface area contributed by atoms with Crippen LogP contribution < -0.4 is 5.32 Å². The standard InChI is InChI=1S/C10H14N4O/c1-2-3-9(15)7-13-10-12-5-4-8(6-11)14-10/h4-5,9,15H,2-3,7H2,1H3,(H,12,13,14). The third kappa shape index (κ3) is 3.92. The number of hydrogen-bond acceptors (Lipinski definition) is 5. The molecule has 1 rings (SSSR count). The molecular weight excluding hydrogens is 192 g/mol. The Morgan fingerprint density at radius 1 is 1.67 bits per heavy atom. The van der Waals surface area contributed by atoms with Crippen molar-refractivity contribution >= 4 is 5.95 Å². The van der Waals surface area contributed by atoms with E-state index < -0.39 is 6.10 Å². The van der Waals surface area contributed by atoms with Crippen LogP contribution in [0.1, 0.15) is 25.5 Å². The predicted octanol–water partition coefficient (Wildman–Crippen LogP) is 0.921. The van der Waals surface area contributed by atoms with E-state index in [0.717, 1.165) is 12.8 Å². The monoisotopic (exact) mass is 206 g/mol. The molecule has 2 N–H and O–H groups in total. The van der Waals surface area contributed by atoms with Crippen LogP contribution in [0.5, 0.6) is 0 Å². The van der Waals surface area contributed by atoms with Gasteiger partial charge in [0, 0.05) is 12.7 Å². The van der Waals surface area contributed by atoms with E-state index in [9.17, 15) is 5.11 Å². The van der Waals surface area contributed by atoms with Gasteiger partial charge in [-0.2, -0.15) is 5.26 Å². The number of nitrogens with one attached hydrogen (secondary N) is 1. The van der Waals surface area contributed by atoms with E-state index in [1.54, 1.807) is 0 Å². The molecule has 0 fully saturated rings. The second kappa shape index (κ2) is 5.94. The number of nitrogens with zero attached hydrogens (tertiary/aromatic N) is 3. The quantitative estimate of drug-likeness (QED) is 0.748. The molecule has 1 aromatic rings. The smallest absolute Gasteiger partial charge is 0.223 e. The number of aliphatic hydroxyl groups is 1. The molecule has 5 nitrogen and oxygen atoms in total. The predicted molar refractivity (Wildman–Crippen MR) is 56.2 cm³/mol. The van der Waals surface area contributed by atoms with E-state index in [4.69, 9.17) is 5.26 Å². The van der Waals surface area contributed by atoms with Crippen molar-refractivity contribution in [3.8, 4) is 6.07 Å². The van der Waals surface area contributed by atoms with Crippen LogP contribution in [-0.4, -0.2) is 27.7 Å². The summed E-state index contributed by atoms with van der Waals surface area (Å²) < 4.78 is 0. The summed E-state index contributed by atoms with van der Waals surface area (Å²) in [6.07, 6.45) is 2.79. The van der Waals surface area contributed by atoms with Gasteiger partial charge in [-0.25, -0.2) is 9.97 Å². The first-order valence-corrected chi connectivity index (χ1v) is 4.91. The molecule has 0 aliphatic carbocycles. The van der Waals surface area contributed by atoms with Crippen LogP contribution >= 0.6 is 0 Å². The number of hydrogen-bond donors (Lipinski definition) is 2. The Balaban J connectivity index is 2.47. The molecule has 80 valence electrons. The summed E-state index contributed by atoms with van der Waals surface area (Å²) in [7, 11) is 0. The van der Waals surface area contributed by atoms with Gasteiger partial charge in [0.2, 0.25) is 5.95 Å².